The highest BCUT2D eigenvalue weighted by Gasteiger charge is 2.25. The molecule has 0 aliphatic carbocycles. The zero-order valence-corrected chi connectivity index (χ0v) is 13.9. The van der Waals surface area contributed by atoms with Crippen LogP contribution in [0.3, 0.4) is 0 Å². The van der Waals surface area contributed by atoms with E-state index in [1.54, 1.807) is 0 Å². The van der Waals surface area contributed by atoms with Gasteiger partial charge in [0, 0.05) is 19.6 Å². The van der Waals surface area contributed by atoms with Crippen molar-refractivity contribution < 1.29 is 4.79 Å². The summed E-state index contributed by atoms with van der Waals surface area (Å²) in [6.45, 7) is 9.08. The second-order valence-electron chi connectivity index (χ2n) is 5.44. The Bertz CT molecular complexity index is 441. The van der Waals surface area contributed by atoms with Crippen LogP contribution in [0.4, 0.5) is 5.13 Å². The highest BCUT2D eigenvalue weighted by Crippen LogP contribution is 2.27. The van der Waals surface area contributed by atoms with Crippen LogP contribution in [0.15, 0.2) is 4.34 Å². The molecule has 1 fully saturated rings. The predicted octanol–water partition coefficient (Wildman–Crippen LogP) is 2.57. The summed E-state index contributed by atoms with van der Waals surface area (Å²) in [7, 11) is 0. The zero-order chi connectivity index (χ0) is 14.5. The number of nitrogens with one attached hydrogen (secondary N) is 1. The molecule has 1 saturated heterocycles. The fourth-order valence-corrected chi connectivity index (χ4v) is 4.29. The van der Waals surface area contributed by atoms with E-state index in [0.717, 1.165) is 29.1 Å². The number of hydrogen-bond donors (Lipinski definition) is 1. The number of amides is 1. The summed E-state index contributed by atoms with van der Waals surface area (Å²) in [5, 5.41) is 12.1. The van der Waals surface area contributed by atoms with Gasteiger partial charge in [0.25, 0.3) is 0 Å². The molecule has 0 radical (unpaired) electrons. The number of likely N-dealkylation sites (tertiary alicyclic amines) is 1. The number of anilines is 1. The topological polar surface area (TPSA) is 58.1 Å². The molecule has 1 aromatic heterocycles. The molecule has 7 heteroatoms. The molecule has 1 aromatic rings. The lowest BCUT2D eigenvalue weighted by Gasteiger charge is -2.34. The van der Waals surface area contributed by atoms with Gasteiger partial charge in [-0.25, -0.2) is 0 Å². The Kier molecular flexibility index (Phi) is 5.65. The van der Waals surface area contributed by atoms with Crippen molar-refractivity contribution in [2.75, 3.05) is 30.7 Å². The van der Waals surface area contributed by atoms with E-state index in [1.807, 2.05) is 11.8 Å². The van der Waals surface area contributed by atoms with Gasteiger partial charge in [-0.2, -0.15) is 0 Å². The molecule has 2 rings (SSSR count). The van der Waals surface area contributed by atoms with Crippen molar-refractivity contribution in [3.63, 3.8) is 0 Å². The molecule has 0 saturated carbocycles. The van der Waals surface area contributed by atoms with Crippen LogP contribution in [0, 0.1) is 11.8 Å². The number of rotatable bonds is 5. The van der Waals surface area contributed by atoms with E-state index in [-0.39, 0.29) is 5.91 Å². The molecule has 1 aliphatic rings. The van der Waals surface area contributed by atoms with Gasteiger partial charge in [0.2, 0.25) is 11.0 Å². The predicted molar refractivity (Wildman–Crippen MR) is 84.3 cm³/mol. The SMILES string of the molecule is CCNc1nnc(SCC(=O)N2C[C@H](C)C[C@H](C)C2)s1. The van der Waals surface area contributed by atoms with E-state index in [1.165, 1.54) is 29.5 Å². The molecule has 112 valence electrons. The molecule has 0 spiro atoms. The maximum absolute atomic E-state index is 12.2. The maximum Gasteiger partial charge on any atom is 0.233 e. The minimum Gasteiger partial charge on any atom is -0.360 e. The van der Waals surface area contributed by atoms with Gasteiger partial charge in [0.15, 0.2) is 4.34 Å². The van der Waals surface area contributed by atoms with Gasteiger partial charge in [-0.05, 0) is 25.2 Å². The van der Waals surface area contributed by atoms with Gasteiger partial charge < -0.3 is 10.2 Å². The molecule has 0 aromatic carbocycles. The second-order valence-corrected chi connectivity index (χ2v) is 7.64. The Hall–Kier alpha value is -0.820. The molecule has 2 heterocycles. The third-order valence-corrected chi connectivity index (χ3v) is 5.27. The lowest BCUT2D eigenvalue weighted by atomic mass is 9.92. The molecule has 1 amide bonds. The summed E-state index contributed by atoms with van der Waals surface area (Å²) >= 11 is 2.99. The first-order chi connectivity index (χ1) is 9.58. The van der Waals surface area contributed by atoms with Crippen molar-refractivity contribution in [2.45, 2.75) is 31.5 Å². The van der Waals surface area contributed by atoms with Gasteiger partial charge in [-0.15, -0.1) is 10.2 Å². The van der Waals surface area contributed by atoms with E-state index >= 15 is 0 Å². The standard InChI is InChI=1S/C13H22N4OS2/c1-4-14-12-15-16-13(20-12)19-8-11(18)17-6-9(2)5-10(3)7-17/h9-10H,4-8H2,1-3H3,(H,14,15)/t9-,10+. The third kappa shape index (κ3) is 4.34. The number of carbonyl (C=O) groups excluding carboxylic acids is 1. The fraction of sp³-hybridized carbons (Fsp3) is 0.769. The number of hydrogen-bond acceptors (Lipinski definition) is 6. The number of thioether (sulfide) groups is 1. The second kappa shape index (κ2) is 7.26. The lowest BCUT2D eigenvalue weighted by molar-refractivity contribution is -0.130. The van der Waals surface area contributed by atoms with E-state index in [2.05, 4.69) is 29.4 Å². The minimum absolute atomic E-state index is 0.216. The van der Waals surface area contributed by atoms with Crippen LogP contribution in [0.5, 0.6) is 0 Å². The van der Waals surface area contributed by atoms with Crippen LogP contribution in [0.1, 0.15) is 27.2 Å². The van der Waals surface area contributed by atoms with Crippen LogP contribution >= 0.6 is 23.1 Å². The van der Waals surface area contributed by atoms with Gasteiger partial charge in [-0.3, -0.25) is 4.79 Å². The van der Waals surface area contributed by atoms with Crippen molar-refractivity contribution in [2.24, 2.45) is 11.8 Å². The van der Waals surface area contributed by atoms with Crippen molar-refractivity contribution in [1.29, 1.82) is 0 Å². The molecule has 2 atom stereocenters. The van der Waals surface area contributed by atoms with Crippen LogP contribution in [0.2, 0.25) is 0 Å². The molecule has 5 nitrogen and oxygen atoms in total. The number of nitrogens with zero attached hydrogens (tertiary/aromatic N) is 3. The molecular weight excluding hydrogens is 292 g/mol. The Morgan fingerprint density at radius 1 is 1.40 bits per heavy atom. The van der Waals surface area contributed by atoms with Gasteiger partial charge in [0.05, 0.1) is 5.75 Å². The Balaban J connectivity index is 1.81. The number of piperidine rings is 1. The Morgan fingerprint density at radius 2 is 2.10 bits per heavy atom. The molecule has 0 unspecified atom stereocenters. The number of carbonyl (C=O) groups is 1. The highest BCUT2D eigenvalue weighted by atomic mass is 32.2. The van der Waals surface area contributed by atoms with Crippen molar-refractivity contribution in [1.82, 2.24) is 15.1 Å². The monoisotopic (exact) mass is 314 g/mol. The van der Waals surface area contributed by atoms with E-state index in [4.69, 9.17) is 0 Å². The summed E-state index contributed by atoms with van der Waals surface area (Å²) in [4.78, 5) is 14.2. The lowest BCUT2D eigenvalue weighted by Crippen LogP contribution is -2.43. The van der Waals surface area contributed by atoms with E-state index in [9.17, 15) is 4.79 Å². The van der Waals surface area contributed by atoms with Gasteiger partial charge in [-0.1, -0.05) is 36.9 Å². The quantitative estimate of drug-likeness (QED) is 0.847. The van der Waals surface area contributed by atoms with E-state index < -0.39 is 0 Å². The van der Waals surface area contributed by atoms with Crippen LogP contribution in [-0.2, 0) is 4.79 Å². The van der Waals surface area contributed by atoms with E-state index in [0.29, 0.717) is 17.6 Å². The first-order valence-electron chi connectivity index (χ1n) is 7.06. The maximum atomic E-state index is 12.2. The summed E-state index contributed by atoms with van der Waals surface area (Å²) in [6.07, 6.45) is 1.22. The zero-order valence-electron chi connectivity index (χ0n) is 12.3. The van der Waals surface area contributed by atoms with Crippen LogP contribution in [-0.4, -0.2) is 46.4 Å². The normalized spacial score (nSPS) is 22.9. The average Bonchev–Trinajstić information content (AvgIpc) is 2.83. The minimum atomic E-state index is 0.216. The van der Waals surface area contributed by atoms with Crippen LogP contribution in [0.25, 0.3) is 0 Å². The first-order valence-corrected chi connectivity index (χ1v) is 8.86. The third-order valence-electron chi connectivity index (χ3n) is 3.28. The average molecular weight is 314 g/mol. The molecule has 20 heavy (non-hydrogen) atoms. The smallest absolute Gasteiger partial charge is 0.233 e. The largest absolute Gasteiger partial charge is 0.360 e. The Morgan fingerprint density at radius 3 is 2.75 bits per heavy atom. The van der Waals surface area contributed by atoms with Gasteiger partial charge >= 0.3 is 0 Å². The van der Waals surface area contributed by atoms with Crippen molar-refractivity contribution in [3.05, 3.63) is 0 Å². The summed E-state index contributed by atoms with van der Waals surface area (Å²) < 4.78 is 0.854. The highest BCUT2D eigenvalue weighted by molar-refractivity contribution is 8.01. The van der Waals surface area contributed by atoms with Gasteiger partial charge in [0.1, 0.15) is 0 Å². The first kappa shape index (κ1) is 15.6. The van der Waals surface area contributed by atoms with Crippen LogP contribution < -0.4 is 5.32 Å². The summed E-state index contributed by atoms with van der Waals surface area (Å²) in [5.41, 5.74) is 0. The number of aromatic nitrogens is 2. The summed E-state index contributed by atoms with van der Waals surface area (Å²) in [5.74, 6) is 1.89. The Labute approximate surface area is 128 Å². The fourth-order valence-electron chi connectivity index (χ4n) is 2.57. The molecule has 1 aliphatic heterocycles. The van der Waals surface area contributed by atoms with Crippen molar-refractivity contribution in [3.8, 4) is 0 Å². The molecule has 0 bridgehead atoms. The summed E-state index contributed by atoms with van der Waals surface area (Å²) in [6, 6.07) is 0. The molecular formula is C13H22N4OS2. The van der Waals surface area contributed by atoms with Crippen molar-refractivity contribution >= 4 is 34.1 Å². The molecule has 1 N–H and O–H groups in total.